The predicted molar refractivity (Wildman–Crippen MR) is 84.0 cm³/mol. The van der Waals surface area contributed by atoms with E-state index in [1.807, 2.05) is 0 Å². The Hall–Kier alpha value is -3.14. The maximum absolute atomic E-state index is 9.97. The molecule has 0 bridgehead atoms. The predicted octanol–water partition coefficient (Wildman–Crippen LogP) is 3.84. The van der Waals surface area contributed by atoms with E-state index < -0.39 is 0 Å². The molecule has 4 nitrogen and oxygen atoms in total. The lowest BCUT2D eigenvalue weighted by molar-refractivity contribution is 0.405. The molecule has 0 aliphatic rings. The smallest absolute Gasteiger partial charge is 0.165 e. The first-order chi connectivity index (χ1) is 10.6. The second kappa shape index (κ2) is 5.33. The van der Waals surface area contributed by atoms with Crippen LogP contribution in [0.5, 0.6) is 23.0 Å². The molecule has 0 saturated heterocycles. The summed E-state index contributed by atoms with van der Waals surface area (Å²) in [6.07, 6.45) is 0. The number of hydrogen-bond acceptors (Lipinski definition) is 4. The van der Waals surface area contributed by atoms with Crippen LogP contribution in [0.3, 0.4) is 0 Å². The van der Waals surface area contributed by atoms with Crippen LogP contribution in [-0.4, -0.2) is 20.4 Å². The molecule has 0 aliphatic heterocycles. The van der Waals surface area contributed by atoms with Gasteiger partial charge in [0.15, 0.2) is 23.0 Å². The molecular weight excluding hydrogens is 280 g/mol. The molecule has 3 rings (SSSR count). The summed E-state index contributed by atoms with van der Waals surface area (Å²) in [5.41, 5.74) is 2.35. The quantitative estimate of drug-likeness (QED) is 0.541. The second-order valence-electron chi connectivity index (χ2n) is 4.93. The molecule has 4 heteroatoms. The molecule has 0 radical (unpaired) electrons. The van der Waals surface area contributed by atoms with Gasteiger partial charge in [-0.3, -0.25) is 0 Å². The Morgan fingerprint density at radius 1 is 0.500 bits per heavy atom. The van der Waals surface area contributed by atoms with Gasteiger partial charge in [0, 0.05) is 11.1 Å². The number of para-hydroxylation sites is 2. The van der Waals surface area contributed by atoms with E-state index in [0.29, 0.717) is 22.3 Å². The van der Waals surface area contributed by atoms with Crippen molar-refractivity contribution < 1.29 is 20.4 Å². The number of hydrogen-bond donors (Lipinski definition) is 4. The maximum Gasteiger partial charge on any atom is 0.165 e. The molecule has 0 amide bonds. The van der Waals surface area contributed by atoms with Crippen molar-refractivity contribution in [2.75, 3.05) is 0 Å². The zero-order chi connectivity index (χ0) is 15.7. The van der Waals surface area contributed by atoms with Gasteiger partial charge in [-0.05, 0) is 29.3 Å². The molecule has 4 N–H and O–H groups in total. The topological polar surface area (TPSA) is 80.9 Å². The van der Waals surface area contributed by atoms with E-state index in [2.05, 4.69) is 0 Å². The normalized spacial score (nSPS) is 10.5. The van der Waals surface area contributed by atoms with Crippen LogP contribution >= 0.6 is 0 Å². The molecule has 0 spiro atoms. The Morgan fingerprint density at radius 3 is 1.36 bits per heavy atom. The van der Waals surface area contributed by atoms with Gasteiger partial charge in [0.25, 0.3) is 0 Å². The summed E-state index contributed by atoms with van der Waals surface area (Å²) in [6, 6.07) is 16.6. The highest BCUT2D eigenvalue weighted by Gasteiger charge is 2.11. The Kier molecular flexibility index (Phi) is 3.35. The van der Waals surface area contributed by atoms with E-state index in [1.165, 1.54) is 12.1 Å². The minimum Gasteiger partial charge on any atom is -0.504 e. The fourth-order valence-electron chi connectivity index (χ4n) is 2.38. The number of aromatic hydroxyl groups is 4. The second-order valence-corrected chi connectivity index (χ2v) is 4.93. The van der Waals surface area contributed by atoms with Crippen molar-refractivity contribution in [2.45, 2.75) is 0 Å². The van der Waals surface area contributed by atoms with Crippen LogP contribution in [0.2, 0.25) is 0 Å². The lowest BCUT2D eigenvalue weighted by Crippen LogP contribution is -1.83. The van der Waals surface area contributed by atoms with Crippen molar-refractivity contribution in [2.24, 2.45) is 0 Å². The zero-order valence-electron chi connectivity index (χ0n) is 11.6. The SMILES string of the molecule is Oc1cccc(-c2cccc(-c3cccc(O)c3O)c2)c1O. The summed E-state index contributed by atoms with van der Waals surface area (Å²) in [5.74, 6) is -0.772. The Morgan fingerprint density at radius 2 is 0.909 bits per heavy atom. The summed E-state index contributed by atoms with van der Waals surface area (Å²) < 4.78 is 0. The first-order valence-electron chi connectivity index (χ1n) is 6.70. The van der Waals surface area contributed by atoms with Gasteiger partial charge >= 0.3 is 0 Å². The summed E-state index contributed by atoms with van der Waals surface area (Å²) in [7, 11) is 0. The lowest BCUT2D eigenvalue weighted by atomic mass is 9.97. The number of benzene rings is 3. The van der Waals surface area contributed by atoms with Gasteiger partial charge in [-0.25, -0.2) is 0 Å². The van der Waals surface area contributed by atoms with Gasteiger partial charge in [-0.2, -0.15) is 0 Å². The first-order valence-corrected chi connectivity index (χ1v) is 6.70. The maximum atomic E-state index is 9.97. The van der Waals surface area contributed by atoms with Gasteiger partial charge in [0.05, 0.1) is 0 Å². The molecule has 0 saturated carbocycles. The molecule has 110 valence electrons. The van der Waals surface area contributed by atoms with Gasteiger partial charge in [0.2, 0.25) is 0 Å². The standard InChI is InChI=1S/C18H14O4/c19-15-8-2-6-13(17(15)21)11-4-1-5-12(10-11)14-7-3-9-16(20)18(14)22/h1-10,19-22H. The minimum absolute atomic E-state index is 0.192. The van der Waals surface area contributed by atoms with Crippen LogP contribution in [0, 0.1) is 0 Å². The summed E-state index contributed by atoms with van der Waals surface area (Å²) in [5, 5.41) is 39.2. The zero-order valence-corrected chi connectivity index (χ0v) is 11.6. The van der Waals surface area contributed by atoms with Crippen LogP contribution in [0.4, 0.5) is 0 Å². The van der Waals surface area contributed by atoms with Gasteiger partial charge in [0.1, 0.15) is 0 Å². The van der Waals surface area contributed by atoms with Crippen molar-refractivity contribution >= 4 is 0 Å². The fourth-order valence-corrected chi connectivity index (χ4v) is 2.38. The van der Waals surface area contributed by atoms with E-state index in [4.69, 9.17) is 0 Å². The van der Waals surface area contributed by atoms with Crippen molar-refractivity contribution in [1.82, 2.24) is 0 Å². The van der Waals surface area contributed by atoms with E-state index >= 15 is 0 Å². The van der Waals surface area contributed by atoms with E-state index in [-0.39, 0.29) is 23.0 Å². The molecule has 0 unspecified atom stereocenters. The summed E-state index contributed by atoms with van der Waals surface area (Å²) in [4.78, 5) is 0. The molecule has 3 aromatic rings. The van der Waals surface area contributed by atoms with E-state index in [1.54, 1.807) is 48.5 Å². The Balaban J connectivity index is 2.14. The third-order valence-corrected chi connectivity index (χ3v) is 3.51. The van der Waals surface area contributed by atoms with Crippen molar-refractivity contribution in [3.05, 3.63) is 60.7 Å². The van der Waals surface area contributed by atoms with Crippen molar-refractivity contribution in [3.63, 3.8) is 0 Å². The average molecular weight is 294 g/mol. The van der Waals surface area contributed by atoms with Crippen molar-refractivity contribution in [3.8, 4) is 45.3 Å². The van der Waals surface area contributed by atoms with Crippen LogP contribution in [-0.2, 0) is 0 Å². The summed E-state index contributed by atoms with van der Waals surface area (Å²) >= 11 is 0. The minimum atomic E-state index is -0.195. The Labute approximate surface area is 127 Å². The van der Waals surface area contributed by atoms with E-state index in [0.717, 1.165) is 0 Å². The molecular formula is C18H14O4. The molecule has 0 atom stereocenters. The van der Waals surface area contributed by atoms with Crippen LogP contribution < -0.4 is 0 Å². The van der Waals surface area contributed by atoms with Gasteiger partial charge in [-0.15, -0.1) is 0 Å². The van der Waals surface area contributed by atoms with E-state index in [9.17, 15) is 20.4 Å². The van der Waals surface area contributed by atoms with Crippen LogP contribution in [0.25, 0.3) is 22.3 Å². The summed E-state index contributed by atoms with van der Waals surface area (Å²) in [6.45, 7) is 0. The largest absolute Gasteiger partial charge is 0.504 e. The highest BCUT2D eigenvalue weighted by molar-refractivity contribution is 5.80. The number of rotatable bonds is 2. The highest BCUT2D eigenvalue weighted by atomic mass is 16.3. The van der Waals surface area contributed by atoms with Gasteiger partial charge in [-0.1, -0.05) is 42.5 Å². The van der Waals surface area contributed by atoms with Gasteiger partial charge < -0.3 is 20.4 Å². The first kappa shape index (κ1) is 13.8. The average Bonchev–Trinajstić information content (AvgIpc) is 2.53. The van der Waals surface area contributed by atoms with Crippen LogP contribution in [0.15, 0.2) is 60.7 Å². The third-order valence-electron chi connectivity index (χ3n) is 3.51. The fraction of sp³-hybridized carbons (Fsp3) is 0. The Bertz CT molecular complexity index is 773. The molecule has 0 heterocycles. The molecule has 22 heavy (non-hydrogen) atoms. The van der Waals surface area contributed by atoms with Crippen molar-refractivity contribution in [1.29, 1.82) is 0 Å². The highest BCUT2D eigenvalue weighted by Crippen LogP contribution is 2.40. The molecule has 0 fully saturated rings. The van der Waals surface area contributed by atoms with Crippen LogP contribution in [0.1, 0.15) is 0 Å². The lowest BCUT2D eigenvalue weighted by Gasteiger charge is -2.10. The number of phenolic OH excluding ortho intramolecular Hbond substituents is 4. The molecule has 3 aromatic carbocycles. The molecule has 0 aromatic heterocycles. The number of phenols is 4. The monoisotopic (exact) mass is 294 g/mol. The molecule has 0 aliphatic carbocycles. The third kappa shape index (κ3) is 2.31.